The summed E-state index contributed by atoms with van der Waals surface area (Å²) in [6, 6.07) is 18.2. The van der Waals surface area contributed by atoms with Crippen molar-refractivity contribution in [1.29, 1.82) is 0 Å². The molecule has 4 rings (SSSR count). The Labute approximate surface area is 159 Å². The number of ether oxygens (including phenoxy) is 1. The van der Waals surface area contributed by atoms with Crippen molar-refractivity contribution in [3.8, 4) is 0 Å². The molecule has 5 heteroatoms. The number of fused-ring (bicyclic) bond motifs is 1. The van der Waals surface area contributed by atoms with Gasteiger partial charge in [0.05, 0.1) is 6.61 Å². The van der Waals surface area contributed by atoms with Crippen LogP contribution in [0.5, 0.6) is 0 Å². The number of hydrogen-bond acceptors (Lipinski definition) is 4. The predicted molar refractivity (Wildman–Crippen MR) is 105 cm³/mol. The van der Waals surface area contributed by atoms with Gasteiger partial charge in [0, 0.05) is 50.8 Å². The number of amides is 1. The van der Waals surface area contributed by atoms with Crippen molar-refractivity contribution < 1.29 is 13.9 Å². The molecule has 0 radical (unpaired) electrons. The second-order valence-electron chi connectivity index (χ2n) is 6.89. The van der Waals surface area contributed by atoms with Crippen LogP contribution in [0, 0.1) is 0 Å². The van der Waals surface area contributed by atoms with Gasteiger partial charge in [0.15, 0.2) is 5.76 Å². The van der Waals surface area contributed by atoms with Crippen molar-refractivity contribution in [2.75, 3.05) is 33.3 Å². The third-order valence-electron chi connectivity index (χ3n) is 5.09. The van der Waals surface area contributed by atoms with E-state index in [0.717, 1.165) is 36.2 Å². The fourth-order valence-electron chi connectivity index (χ4n) is 3.65. The average Bonchev–Trinajstić information content (AvgIpc) is 3.08. The van der Waals surface area contributed by atoms with Crippen molar-refractivity contribution in [3.63, 3.8) is 0 Å². The van der Waals surface area contributed by atoms with Crippen LogP contribution in [0.25, 0.3) is 11.0 Å². The van der Waals surface area contributed by atoms with Crippen LogP contribution in [-0.4, -0.2) is 49.0 Å². The zero-order valence-corrected chi connectivity index (χ0v) is 15.6. The Kier molecular flexibility index (Phi) is 5.23. The van der Waals surface area contributed by atoms with Gasteiger partial charge in [0.1, 0.15) is 5.58 Å². The largest absolute Gasteiger partial charge is 0.451 e. The van der Waals surface area contributed by atoms with Crippen LogP contribution in [0.4, 0.5) is 0 Å². The van der Waals surface area contributed by atoms with Crippen LogP contribution in [0.15, 0.2) is 59.0 Å². The van der Waals surface area contributed by atoms with E-state index in [-0.39, 0.29) is 5.91 Å². The fourth-order valence-corrected chi connectivity index (χ4v) is 3.65. The Morgan fingerprint density at radius 1 is 1.00 bits per heavy atom. The molecule has 1 aromatic heterocycles. The predicted octanol–water partition coefficient (Wildman–Crippen LogP) is 3.54. The highest BCUT2D eigenvalue weighted by molar-refractivity contribution is 5.99. The molecule has 0 aliphatic carbocycles. The van der Waals surface area contributed by atoms with Crippen LogP contribution in [0.2, 0.25) is 0 Å². The topological polar surface area (TPSA) is 45.9 Å². The molecule has 1 aliphatic rings. The molecule has 0 unspecified atom stereocenters. The number of benzene rings is 2. The number of para-hydroxylation sites is 1. The van der Waals surface area contributed by atoms with Crippen molar-refractivity contribution in [2.24, 2.45) is 0 Å². The molecule has 0 saturated carbocycles. The lowest BCUT2D eigenvalue weighted by Crippen LogP contribution is -2.48. The second-order valence-corrected chi connectivity index (χ2v) is 6.89. The maximum absolute atomic E-state index is 13.1. The minimum Gasteiger partial charge on any atom is -0.451 e. The third kappa shape index (κ3) is 3.75. The van der Waals surface area contributed by atoms with Gasteiger partial charge in [-0.15, -0.1) is 0 Å². The lowest BCUT2D eigenvalue weighted by atomic mass is 10.1. The molecule has 5 nitrogen and oxygen atoms in total. The van der Waals surface area contributed by atoms with Gasteiger partial charge in [-0.05, 0) is 11.6 Å². The first-order valence-electron chi connectivity index (χ1n) is 9.31. The van der Waals surface area contributed by atoms with Gasteiger partial charge in [-0.25, -0.2) is 0 Å². The number of carbonyl (C=O) groups excluding carboxylic acids is 1. The lowest BCUT2D eigenvalue weighted by molar-refractivity contribution is 0.0594. The first kappa shape index (κ1) is 17.8. The summed E-state index contributed by atoms with van der Waals surface area (Å²) >= 11 is 0. The van der Waals surface area contributed by atoms with Gasteiger partial charge >= 0.3 is 0 Å². The van der Waals surface area contributed by atoms with Gasteiger partial charge in [0.2, 0.25) is 0 Å². The van der Waals surface area contributed by atoms with Gasteiger partial charge in [-0.2, -0.15) is 0 Å². The third-order valence-corrected chi connectivity index (χ3v) is 5.09. The van der Waals surface area contributed by atoms with Gasteiger partial charge in [-0.3, -0.25) is 9.69 Å². The Morgan fingerprint density at radius 2 is 1.70 bits per heavy atom. The van der Waals surface area contributed by atoms with Crippen molar-refractivity contribution in [2.45, 2.75) is 13.2 Å². The highest BCUT2D eigenvalue weighted by Crippen LogP contribution is 2.28. The Morgan fingerprint density at radius 3 is 2.44 bits per heavy atom. The molecule has 27 heavy (non-hydrogen) atoms. The number of hydrogen-bond donors (Lipinski definition) is 0. The number of carbonyl (C=O) groups is 1. The molecule has 140 valence electrons. The first-order valence-corrected chi connectivity index (χ1v) is 9.31. The number of piperazine rings is 1. The minimum absolute atomic E-state index is 0.0439. The van der Waals surface area contributed by atoms with E-state index in [1.54, 1.807) is 7.11 Å². The standard InChI is InChI=1S/C22H24N2O3/c1-26-16-19-18-9-5-6-10-20(18)27-21(19)22(25)24-13-11-23(12-14-24)15-17-7-3-2-4-8-17/h2-10H,11-16H2,1H3. The summed E-state index contributed by atoms with van der Waals surface area (Å²) in [4.78, 5) is 17.4. The zero-order valence-electron chi connectivity index (χ0n) is 15.6. The monoisotopic (exact) mass is 364 g/mol. The zero-order chi connectivity index (χ0) is 18.6. The van der Waals surface area contributed by atoms with E-state index in [0.29, 0.717) is 25.5 Å². The lowest BCUT2D eigenvalue weighted by Gasteiger charge is -2.34. The van der Waals surface area contributed by atoms with Crippen LogP contribution in [0.1, 0.15) is 21.7 Å². The first-order chi connectivity index (χ1) is 13.3. The highest BCUT2D eigenvalue weighted by atomic mass is 16.5. The number of nitrogens with zero attached hydrogens (tertiary/aromatic N) is 2. The number of rotatable bonds is 5. The average molecular weight is 364 g/mol. The van der Waals surface area contributed by atoms with Crippen LogP contribution < -0.4 is 0 Å². The molecule has 0 bridgehead atoms. The minimum atomic E-state index is -0.0439. The molecule has 1 amide bonds. The molecule has 1 aliphatic heterocycles. The molecule has 2 aromatic carbocycles. The quantitative estimate of drug-likeness (QED) is 0.695. The van der Waals surface area contributed by atoms with Crippen LogP contribution >= 0.6 is 0 Å². The smallest absolute Gasteiger partial charge is 0.290 e. The van der Waals surface area contributed by atoms with E-state index in [1.807, 2.05) is 35.2 Å². The van der Waals surface area contributed by atoms with Gasteiger partial charge in [-0.1, -0.05) is 48.5 Å². The Hall–Kier alpha value is -2.63. The van der Waals surface area contributed by atoms with E-state index >= 15 is 0 Å². The summed E-state index contributed by atoms with van der Waals surface area (Å²) in [6.07, 6.45) is 0. The summed E-state index contributed by atoms with van der Waals surface area (Å²) in [6.45, 7) is 4.42. The van der Waals surface area contributed by atoms with Crippen LogP contribution in [-0.2, 0) is 17.9 Å². The number of furan rings is 1. The number of methoxy groups -OCH3 is 1. The van der Waals surface area contributed by atoms with Crippen LogP contribution in [0.3, 0.4) is 0 Å². The highest BCUT2D eigenvalue weighted by Gasteiger charge is 2.27. The normalized spacial score (nSPS) is 15.4. The molecule has 0 spiro atoms. The maximum atomic E-state index is 13.1. The molecule has 1 fully saturated rings. The Balaban J connectivity index is 1.46. The van der Waals surface area contributed by atoms with E-state index in [1.165, 1.54) is 5.56 Å². The van der Waals surface area contributed by atoms with Gasteiger partial charge in [0.25, 0.3) is 5.91 Å². The molecule has 0 N–H and O–H groups in total. The summed E-state index contributed by atoms with van der Waals surface area (Å²) in [7, 11) is 1.64. The van der Waals surface area contributed by atoms with E-state index in [2.05, 4.69) is 29.2 Å². The van der Waals surface area contributed by atoms with E-state index in [4.69, 9.17) is 9.15 Å². The fraction of sp³-hybridized carbons (Fsp3) is 0.318. The van der Waals surface area contributed by atoms with Crippen molar-refractivity contribution >= 4 is 16.9 Å². The van der Waals surface area contributed by atoms with Crippen molar-refractivity contribution in [3.05, 3.63) is 71.5 Å². The summed E-state index contributed by atoms with van der Waals surface area (Å²) in [5.41, 5.74) is 2.87. The maximum Gasteiger partial charge on any atom is 0.290 e. The molecule has 1 saturated heterocycles. The van der Waals surface area contributed by atoms with Gasteiger partial charge < -0.3 is 14.1 Å². The molecule has 3 aromatic rings. The molecular formula is C22H24N2O3. The molecule has 2 heterocycles. The van der Waals surface area contributed by atoms with E-state index in [9.17, 15) is 4.79 Å². The molecule has 0 atom stereocenters. The SMILES string of the molecule is COCc1c(C(=O)N2CCN(Cc3ccccc3)CC2)oc2ccccc12. The summed E-state index contributed by atoms with van der Waals surface area (Å²) < 4.78 is 11.2. The van der Waals surface area contributed by atoms with E-state index < -0.39 is 0 Å². The second kappa shape index (κ2) is 7.94. The molecular weight excluding hydrogens is 340 g/mol. The Bertz CT molecular complexity index is 912. The summed E-state index contributed by atoms with van der Waals surface area (Å²) in [5.74, 6) is 0.368. The van der Waals surface area contributed by atoms with Crippen molar-refractivity contribution in [1.82, 2.24) is 9.80 Å². The summed E-state index contributed by atoms with van der Waals surface area (Å²) in [5, 5.41) is 0.949.